The van der Waals surface area contributed by atoms with Crippen LogP contribution in [-0.4, -0.2) is 77.4 Å². The lowest BCUT2D eigenvalue weighted by Crippen LogP contribution is -2.47. The predicted octanol–water partition coefficient (Wildman–Crippen LogP) is -0.916. The van der Waals surface area contributed by atoms with Crippen molar-refractivity contribution >= 4 is 11.7 Å². The second-order valence-electron chi connectivity index (χ2n) is 5.51. The smallest absolute Gasteiger partial charge is 0.274 e. The Bertz CT molecular complexity index is 521. The van der Waals surface area contributed by atoms with Crippen LogP contribution in [-0.2, 0) is 4.74 Å². The van der Waals surface area contributed by atoms with Crippen LogP contribution in [0, 0.1) is 0 Å². The van der Waals surface area contributed by atoms with Crippen molar-refractivity contribution in [3.63, 3.8) is 0 Å². The lowest BCUT2D eigenvalue weighted by Gasteiger charge is -2.29. The van der Waals surface area contributed by atoms with Crippen LogP contribution >= 0.6 is 0 Å². The molecule has 120 valence electrons. The van der Waals surface area contributed by atoms with E-state index in [0.717, 1.165) is 13.0 Å². The Labute approximate surface area is 128 Å². The number of hydrogen-bond donors (Lipinski definition) is 3. The number of morpholine rings is 1. The van der Waals surface area contributed by atoms with Crippen molar-refractivity contribution in [1.29, 1.82) is 0 Å². The maximum Gasteiger partial charge on any atom is 0.274 e. The van der Waals surface area contributed by atoms with Gasteiger partial charge in [-0.15, -0.1) is 0 Å². The largest absolute Gasteiger partial charge is 0.390 e. The fourth-order valence-corrected chi connectivity index (χ4v) is 2.67. The highest BCUT2D eigenvalue weighted by atomic mass is 16.5. The van der Waals surface area contributed by atoms with Crippen LogP contribution in [0.2, 0.25) is 0 Å². The number of aliphatic hydroxyl groups excluding tert-OH is 1. The summed E-state index contributed by atoms with van der Waals surface area (Å²) in [5.74, 6) is 0.385. The van der Waals surface area contributed by atoms with Gasteiger partial charge in [-0.1, -0.05) is 0 Å². The maximum absolute atomic E-state index is 12.4. The summed E-state index contributed by atoms with van der Waals surface area (Å²) in [6, 6.07) is -0.0794. The number of β-amino-alcohol motifs (C(OH)–C–C–N with tert-alkyl or cyclic N) is 1. The number of amides is 1. The molecular formula is C14H21N5O3. The Hall–Kier alpha value is -1.77. The molecule has 22 heavy (non-hydrogen) atoms. The third-order valence-corrected chi connectivity index (χ3v) is 3.94. The van der Waals surface area contributed by atoms with E-state index in [0.29, 0.717) is 44.4 Å². The Kier molecular flexibility index (Phi) is 4.81. The summed E-state index contributed by atoms with van der Waals surface area (Å²) in [6.07, 6.45) is 3.37. The number of nitrogens with zero attached hydrogens (tertiary/aromatic N) is 3. The van der Waals surface area contributed by atoms with E-state index in [9.17, 15) is 9.90 Å². The number of hydrogen-bond acceptors (Lipinski definition) is 7. The first-order valence-corrected chi connectivity index (χ1v) is 7.58. The van der Waals surface area contributed by atoms with E-state index in [1.807, 2.05) is 0 Å². The van der Waals surface area contributed by atoms with Gasteiger partial charge in [0.2, 0.25) is 0 Å². The Balaban J connectivity index is 1.67. The van der Waals surface area contributed by atoms with Gasteiger partial charge in [0.15, 0.2) is 0 Å². The first-order chi connectivity index (χ1) is 10.7. The second-order valence-corrected chi connectivity index (χ2v) is 5.51. The van der Waals surface area contributed by atoms with Crippen molar-refractivity contribution in [2.45, 2.75) is 18.6 Å². The standard InChI is InChI=1S/C14H21N5O3/c20-12-8-15-2-1-10(12)17-13-9-16-7-11(18-13)14(21)19-3-5-22-6-4-19/h7,9-10,12,15,20H,1-6,8H2,(H,17,18)/t10-,12-/m1/s1. The van der Waals surface area contributed by atoms with Crippen LogP contribution in [0.5, 0.6) is 0 Å². The fraction of sp³-hybridized carbons (Fsp3) is 0.643. The maximum atomic E-state index is 12.4. The molecule has 0 aliphatic carbocycles. The summed E-state index contributed by atoms with van der Waals surface area (Å²) in [6.45, 7) is 3.65. The van der Waals surface area contributed by atoms with Crippen molar-refractivity contribution in [2.75, 3.05) is 44.7 Å². The highest BCUT2D eigenvalue weighted by Gasteiger charge is 2.24. The van der Waals surface area contributed by atoms with Crippen LogP contribution in [0.25, 0.3) is 0 Å². The summed E-state index contributed by atoms with van der Waals surface area (Å²) in [4.78, 5) is 22.5. The van der Waals surface area contributed by atoms with Gasteiger partial charge in [-0.2, -0.15) is 0 Å². The van der Waals surface area contributed by atoms with E-state index >= 15 is 0 Å². The average Bonchev–Trinajstić information content (AvgIpc) is 2.57. The highest BCUT2D eigenvalue weighted by Crippen LogP contribution is 2.12. The summed E-state index contributed by atoms with van der Waals surface area (Å²) in [5, 5.41) is 16.2. The van der Waals surface area contributed by atoms with Crippen LogP contribution < -0.4 is 10.6 Å². The molecule has 2 aliphatic rings. The van der Waals surface area contributed by atoms with Gasteiger partial charge in [-0.3, -0.25) is 9.78 Å². The number of carbonyl (C=O) groups excluding carboxylic acids is 1. The molecule has 8 heteroatoms. The lowest BCUT2D eigenvalue weighted by molar-refractivity contribution is 0.0299. The van der Waals surface area contributed by atoms with E-state index in [1.165, 1.54) is 6.20 Å². The van der Waals surface area contributed by atoms with E-state index in [2.05, 4.69) is 20.6 Å². The molecule has 0 saturated carbocycles. The van der Waals surface area contributed by atoms with Gasteiger partial charge in [0.05, 0.1) is 37.8 Å². The zero-order valence-corrected chi connectivity index (χ0v) is 12.4. The molecule has 3 heterocycles. The molecule has 0 aromatic carbocycles. The molecule has 3 rings (SSSR count). The molecule has 0 spiro atoms. The molecule has 2 aliphatic heterocycles. The zero-order chi connectivity index (χ0) is 15.4. The Morgan fingerprint density at radius 1 is 1.41 bits per heavy atom. The third-order valence-electron chi connectivity index (χ3n) is 3.94. The number of nitrogens with one attached hydrogen (secondary N) is 2. The van der Waals surface area contributed by atoms with E-state index in [1.54, 1.807) is 11.1 Å². The average molecular weight is 307 g/mol. The van der Waals surface area contributed by atoms with Gasteiger partial charge >= 0.3 is 0 Å². The van der Waals surface area contributed by atoms with Crippen LogP contribution in [0.1, 0.15) is 16.9 Å². The van der Waals surface area contributed by atoms with E-state index in [-0.39, 0.29) is 11.9 Å². The predicted molar refractivity (Wildman–Crippen MR) is 79.7 cm³/mol. The number of carbonyl (C=O) groups is 1. The first-order valence-electron chi connectivity index (χ1n) is 7.58. The SMILES string of the molecule is O=C(c1cncc(N[C@@H]2CCNC[C@H]2O)n1)N1CCOCC1. The summed E-state index contributed by atoms with van der Waals surface area (Å²) < 4.78 is 5.25. The van der Waals surface area contributed by atoms with Gasteiger partial charge in [-0.25, -0.2) is 4.98 Å². The van der Waals surface area contributed by atoms with Gasteiger partial charge < -0.3 is 25.4 Å². The molecule has 2 atom stereocenters. The fourth-order valence-electron chi connectivity index (χ4n) is 2.67. The number of aromatic nitrogens is 2. The van der Waals surface area contributed by atoms with E-state index < -0.39 is 6.10 Å². The van der Waals surface area contributed by atoms with Crippen LogP contribution in [0.15, 0.2) is 12.4 Å². The monoisotopic (exact) mass is 307 g/mol. The number of aliphatic hydroxyl groups is 1. The molecule has 3 N–H and O–H groups in total. The van der Waals surface area contributed by atoms with Gasteiger partial charge in [0.25, 0.3) is 5.91 Å². The summed E-state index contributed by atoms with van der Waals surface area (Å²) in [7, 11) is 0. The second kappa shape index (κ2) is 6.99. The lowest BCUT2D eigenvalue weighted by atomic mass is 10.0. The normalized spacial score (nSPS) is 25.8. The van der Waals surface area contributed by atoms with Gasteiger partial charge in [0, 0.05) is 19.6 Å². The number of anilines is 1. The molecule has 0 unspecified atom stereocenters. The van der Waals surface area contributed by atoms with E-state index in [4.69, 9.17) is 4.74 Å². The highest BCUT2D eigenvalue weighted by molar-refractivity contribution is 5.92. The summed E-state index contributed by atoms with van der Waals surface area (Å²) in [5.41, 5.74) is 0.315. The molecule has 0 radical (unpaired) electrons. The molecule has 1 amide bonds. The van der Waals surface area contributed by atoms with Crippen LogP contribution in [0.4, 0.5) is 5.82 Å². The van der Waals surface area contributed by atoms with Crippen molar-refractivity contribution in [1.82, 2.24) is 20.2 Å². The van der Waals surface area contributed by atoms with Crippen molar-refractivity contribution in [3.8, 4) is 0 Å². The number of rotatable bonds is 3. The minimum Gasteiger partial charge on any atom is -0.390 e. The first kappa shape index (κ1) is 15.1. The summed E-state index contributed by atoms with van der Waals surface area (Å²) >= 11 is 0. The molecular weight excluding hydrogens is 286 g/mol. The topological polar surface area (TPSA) is 99.6 Å². The van der Waals surface area contributed by atoms with Crippen molar-refractivity contribution in [3.05, 3.63) is 18.1 Å². The molecule has 1 aromatic rings. The quantitative estimate of drug-likeness (QED) is 0.664. The number of ether oxygens (including phenoxy) is 1. The van der Waals surface area contributed by atoms with Crippen molar-refractivity contribution in [2.24, 2.45) is 0 Å². The molecule has 1 aromatic heterocycles. The minimum absolute atomic E-state index is 0.0794. The molecule has 2 saturated heterocycles. The third kappa shape index (κ3) is 3.52. The molecule has 8 nitrogen and oxygen atoms in total. The number of piperidine rings is 1. The molecule has 2 fully saturated rings. The van der Waals surface area contributed by atoms with Crippen LogP contribution in [0.3, 0.4) is 0 Å². The van der Waals surface area contributed by atoms with Gasteiger partial charge in [0.1, 0.15) is 11.5 Å². The molecule has 0 bridgehead atoms. The van der Waals surface area contributed by atoms with Crippen molar-refractivity contribution < 1.29 is 14.6 Å². The van der Waals surface area contributed by atoms with Gasteiger partial charge in [-0.05, 0) is 13.0 Å². The Morgan fingerprint density at radius 3 is 3.00 bits per heavy atom. The Morgan fingerprint density at radius 2 is 2.23 bits per heavy atom. The zero-order valence-electron chi connectivity index (χ0n) is 12.4. The minimum atomic E-state index is -0.478.